The first-order chi connectivity index (χ1) is 15.8. The maximum Gasteiger partial charge on any atom is 0.270 e. The number of benzene rings is 2. The standard InChI is InChI=1S/C21H22N4O7S/c1-31-20-5-3-17(33(29,30)24-8-10-32-11-9-24)13-18(20)22-21(26)14-23-7-6-15-12-16(25(27)28)2-4-19(15)23/h2-7,12-13H,8-11,14H2,1H3,(H,22,26). The number of carbonyl (C=O) groups is 1. The number of morpholine rings is 1. The Morgan fingerprint density at radius 3 is 2.64 bits per heavy atom. The molecule has 174 valence electrons. The van der Waals surface area contributed by atoms with Crippen molar-refractivity contribution < 1.29 is 27.6 Å². The molecule has 1 N–H and O–H groups in total. The Kier molecular flexibility index (Phi) is 6.31. The summed E-state index contributed by atoms with van der Waals surface area (Å²) < 4.78 is 39.4. The van der Waals surface area contributed by atoms with Gasteiger partial charge in [0.05, 0.1) is 35.8 Å². The third kappa shape index (κ3) is 4.67. The Labute approximate surface area is 189 Å². The van der Waals surface area contributed by atoms with Gasteiger partial charge in [-0.1, -0.05) is 0 Å². The fourth-order valence-corrected chi connectivity index (χ4v) is 5.10. The van der Waals surface area contributed by atoms with Gasteiger partial charge in [-0.25, -0.2) is 8.42 Å². The lowest BCUT2D eigenvalue weighted by Gasteiger charge is -2.26. The number of fused-ring (bicyclic) bond motifs is 1. The largest absolute Gasteiger partial charge is 0.495 e. The number of sulfonamides is 1. The molecule has 12 heteroatoms. The normalized spacial score (nSPS) is 14.8. The number of hydrogen-bond acceptors (Lipinski definition) is 7. The number of carbonyl (C=O) groups excluding carboxylic acids is 1. The van der Waals surface area contributed by atoms with E-state index in [9.17, 15) is 23.3 Å². The van der Waals surface area contributed by atoms with E-state index in [1.165, 1.54) is 41.7 Å². The SMILES string of the molecule is COc1ccc(S(=O)(=O)N2CCOCC2)cc1NC(=O)Cn1ccc2cc([N+](=O)[O-])ccc21. The molecule has 0 spiro atoms. The van der Waals surface area contributed by atoms with Gasteiger partial charge < -0.3 is 19.4 Å². The molecule has 0 saturated carbocycles. The van der Waals surface area contributed by atoms with E-state index in [0.717, 1.165) is 0 Å². The molecule has 1 aliphatic rings. The quantitative estimate of drug-likeness (QED) is 0.410. The van der Waals surface area contributed by atoms with Crippen molar-refractivity contribution in [1.82, 2.24) is 8.87 Å². The molecule has 0 radical (unpaired) electrons. The van der Waals surface area contributed by atoms with E-state index in [2.05, 4.69) is 5.32 Å². The number of amides is 1. The van der Waals surface area contributed by atoms with Crippen LogP contribution in [0.25, 0.3) is 10.9 Å². The molecule has 0 atom stereocenters. The fourth-order valence-electron chi connectivity index (χ4n) is 3.66. The summed E-state index contributed by atoms with van der Waals surface area (Å²) in [6.45, 7) is 1.09. The third-order valence-electron chi connectivity index (χ3n) is 5.33. The number of nitrogens with one attached hydrogen (secondary N) is 1. The fraction of sp³-hybridized carbons (Fsp3) is 0.286. The highest BCUT2D eigenvalue weighted by Gasteiger charge is 2.27. The molecule has 1 amide bonds. The van der Waals surface area contributed by atoms with E-state index in [-0.39, 0.29) is 35.9 Å². The predicted molar refractivity (Wildman–Crippen MR) is 120 cm³/mol. The number of ether oxygens (including phenoxy) is 2. The lowest BCUT2D eigenvalue weighted by molar-refractivity contribution is -0.384. The van der Waals surface area contributed by atoms with Crippen LogP contribution in [0.5, 0.6) is 5.75 Å². The Hall–Kier alpha value is -3.48. The van der Waals surface area contributed by atoms with E-state index in [4.69, 9.17) is 9.47 Å². The molecule has 11 nitrogen and oxygen atoms in total. The highest BCUT2D eigenvalue weighted by atomic mass is 32.2. The molecule has 2 aromatic carbocycles. The van der Waals surface area contributed by atoms with Gasteiger partial charge in [-0.05, 0) is 30.3 Å². The minimum absolute atomic E-state index is 0.0345. The lowest BCUT2D eigenvalue weighted by atomic mass is 10.2. The van der Waals surface area contributed by atoms with Crippen LogP contribution in [0.3, 0.4) is 0 Å². The van der Waals surface area contributed by atoms with Crippen LogP contribution in [0.15, 0.2) is 53.6 Å². The van der Waals surface area contributed by atoms with Gasteiger partial charge in [-0.2, -0.15) is 4.31 Å². The summed E-state index contributed by atoms with van der Waals surface area (Å²) in [7, 11) is -2.32. The van der Waals surface area contributed by atoms with Crippen molar-refractivity contribution in [3.8, 4) is 5.75 Å². The van der Waals surface area contributed by atoms with Crippen molar-refractivity contribution in [3.05, 3.63) is 58.8 Å². The van der Waals surface area contributed by atoms with Gasteiger partial charge in [0.15, 0.2) is 0 Å². The maximum atomic E-state index is 13.0. The second-order valence-electron chi connectivity index (χ2n) is 7.37. The van der Waals surface area contributed by atoms with E-state index < -0.39 is 20.9 Å². The molecule has 0 unspecified atom stereocenters. The van der Waals surface area contributed by atoms with Crippen molar-refractivity contribution in [2.45, 2.75) is 11.4 Å². The van der Waals surface area contributed by atoms with Crippen LogP contribution in [0, 0.1) is 10.1 Å². The number of hydrogen-bond donors (Lipinski definition) is 1. The van der Waals surface area contributed by atoms with Gasteiger partial charge >= 0.3 is 0 Å². The van der Waals surface area contributed by atoms with Crippen molar-refractivity contribution in [2.24, 2.45) is 0 Å². The predicted octanol–water partition coefficient (Wildman–Crippen LogP) is 2.22. The molecule has 1 saturated heterocycles. The van der Waals surface area contributed by atoms with Gasteiger partial charge in [0.2, 0.25) is 15.9 Å². The van der Waals surface area contributed by atoms with Crippen LogP contribution >= 0.6 is 0 Å². The van der Waals surface area contributed by atoms with Gasteiger partial charge in [-0.3, -0.25) is 14.9 Å². The topological polar surface area (TPSA) is 133 Å². The molecule has 0 aliphatic carbocycles. The molecule has 1 aromatic heterocycles. The Balaban J connectivity index is 1.55. The third-order valence-corrected chi connectivity index (χ3v) is 7.23. The molecule has 2 heterocycles. The number of aromatic nitrogens is 1. The van der Waals surface area contributed by atoms with Crippen molar-refractivity contribution in [1.29, 1.82) is 0 Å². The van der Waals surface area contributed by atoms with Crippen molar-refractivity contribution in [3.63, 3.8) is 0 Å². The number of nitro benzene ring substituents is 1. The smallest absolute Gasteiger partial charge is 0.270 e. The highest BCUT2D eigenvalue weighted by molar-refractivity contribution is 7.89. The number of non-ortho nitro benzene ring substituents is 1. The highest BCUT2D eigenvalue weighted by Crippen LogP contribution is 2.29. The maximum absolute atomic E-state index is 13.0. The van der Waals surface area contributed by atoms with Gasteiger partial charge in [0, 0.05) is 42.3 Å². The number of nitrogens with zero attached hydrogens (tertiary/aromatic N) is 3. The van der Waals surface area contributed by atoms with Crippen molar-refractivity contribution in [2.75, 3.05) is 38.7 Å². The Bertz CT molecular complexity index is 1310. The zero-order valence-corrected chi connectivity index (χ0v) is 18.6. The van der Waals surface area contributed by atoms with Gasteiger partial charge in [0.25, 0.3) is 5.69 Å². The number of anilines is 1. The Morgan fingerprint density at radius 2 is 1.94 bits per heavy atom. The summed E-state index contributed by atoms with van der Waals surface area (Å²) >= 11 is 0. The minimum atomic E-state index is -3.75. The average molecular weight is 474 g/mol. The summed E-state index contributed by atoms with van der Waals surface area (Å²) in [5.41, 5.74) is 0.850. The first-order valence-corrected chi connectivity index (χ1v) is 11.5. The second-order valence-corrected chi connectivity index (χ2v) is 9.31. The van der Waals surface area contributed by atoms with E-state index in [1.807, 2.05) is 0 Å². The van der Waals surface area contributed by atoms with Crippen LogP contribution in [0.2, 0.25) is 0 Å². The molecular weight excluding hydrogens is 452 g/mol. The zero-order valence-electron chi connectivity index (χ0n) is 17.8. The zero-order chi connectivity index (χ0) is 23.6. The van der Waals surface area contributed by atoms with E-state index in [0.29, 0.717) is 29.9 Å². The van der Waals surface area contributed by atoms with Crippen LogP contribution in [0.4, 0.5) is 11.4 Å². The molecule has 1 fully saturated rings. The molecule has 3 aromatic rings. The summed E-state index contributed by atoms with van der Waals surface area (Å²) in [4.78, 5) is 23.3. The molecule has 33 heavy (non-hydrogen) atoms. The summed E-state index contributed by atoms with van der Waals surface area (Å²) in [5.74, 6) is -0.0951. The van der Waals surface area contributed by atoms with Crippen LogP contribution in [-0.2, 0) is 26.1 Å². The average Bonchev–Trinajstić information content (AvgIpc) is 3.21. The second kappa shape index (κ2) is 9.17. The summed E-state index contributed by atoms with van der Waals surface area (Å²) in [6.07, 6.45) is 1.66. The first-order valence-electron chi connectivity index (χ1n) is 10.1. The van der Waals surface area contributed by atoms with Crippen LogP contribution in [0.1, 0.15) is 0 Å². The monoisotopic (exact) mass is 474 g/mol. The van der Waals surface area contributed by atoms with Gasteiger partial charge in [0.1, 0.15) is 12.3 Å². The van der Waals surface area contributed by atoms with E-state index >= 15 is 0 Å². The molecule has 1 aliphatic heterocycles. The van der Waals surface area contributed by atoms with Crippen molar-refractivity contribution >= 4 is 38.2 Å². The summed E-state index contributed by atoms with van der Waals surface area (Å²) in [6, 6.07) is 10.4. The first kappa shape index (κ1) is 22.7. The van der Waals surface area contributed by atoms with E-state index in [1.54, 1.807) is 22.9 Å². The molecular formula is C21H22N4O7S. The molecule has 0 bridgehead atoms. The molecule has 4 rings (SSSR count). The lowest BCUT2D eigenvalue weighted by Crippen LogP contribution is -2.40. The number of rotatable bonds is 7. The number of methoxy groups -OCH3 is 1. The summed E-state index contributed by atoms with van der Waals surface area (Å²) in [5, 5.41) is 14.3. The van der Waals surface area contributed by atoms with Gasteiger partial charge in [-0.15, -0.1) is 0 Å². The van der Waals surface area contributed by atoms with Crippen LogP contribution < -0.4 is 10.1 Å². The van der Waals surface area contributed by atoms with Crippen LogP contribution in [-0.4, -0.2) is 61.5 Å². The minimum Gasteiger partial charge on any atom is -0.495 e. The number of nitro groups is 1. The Morgan fingerprint density at radius 1 is 1.18 bits per heavy atom.